The van der Waals surface area contributed by atoms with Crippen LogP contribution in [-0.4, -0.2) is 90.9 Å². The molecule has 0 radical (unpaired) electrons. The third-order valence-electron chi connectivity index (χ3n) is 5.38. The van der Waals surface area contributed by atoms with Crippen LogP contribution in [0.4, 0.5) is 5.95 Å². The van der Waals surface area contributed by atoms with Crippen LogP contribution in [0, 0.1) is 5.92 Å². The molecule has 0 atom stereocenters. The Balaban J connectivity index is 1.33. The first-order valence-electron chi connectivity index (χ1n) is 9.53. The highest BCUT2D eigenvalue weighted by Gasteiger charge is 2.18. The van der Waals surface area contributed by atoms with E-state index in [-0.39, 0.29) is 0 Å². The van der Waals surface area contributed by atoms with Crippen molar-refractivity contribution in [1.82, 2.24) is 25.1 Å². The molecule has 0 saturated carbocycles. The lowest BCUT2D eigenvalue weighted by atomic mass is 9.98. The van der Waals surface area contributed by atoms with Crippen molar-refractivity contribution in [1.29, 1.82) is 0 Å². The number of rotatable bonds is 7. The van der Waals surface area contributed by atoms with Gasteiger partial charge in [-0.25, -0.2) is 9.97 Å². The molecule has 3 rings (SSSR count). The Kier molecular flexibility index (Phi) is 6.98. The maximum atomic E-state index is 9.18. The second kappa shape index (κ2) is 9.43. The monoisotopic (exact) mass is 348 g/mol. The van der Waals surface area contributed by atoms with E-state index in [9.17, 15) is 5.11 Å². The largest absolute Gasteiger partial charge is 0.396 e. The third-order valence-corrected chi connectivity index (χ3v) is 5.38. The molecule has 1 aromatic heterocycles. The summed E-state index contributed by atoms with van der Waals surface area (Å²) in [7, 11) is 2.15. The van der Waals surface area contributed by atoms with E-state index >= 15 is 0 Å². The fraction of sp³-hybridized carbons (Fsp3) is 0.778. The van der Waals surface area contributed by atoms with E-state index in [0.29, 0.717) is 12.5 Å². The molecule has 0 bridgehead atoms. The van der Waals surface area contributed by atoms with Crippen molar-refractivity contribution in [3.63, 3.8) is 0 Å². The highest BCUT2D eigenvalue weighted by atomic mass is 16.3. The summed E-state index contributed by atoms with van der Waals surface area (Å²) in [6.07, 6.45) is 6.14. The standard InChI is InChI=1S/C18H32N6O/c1-22-8-10-24(11-9-22)18-20-13-17(14-21-18)12-19-4-7-23-5-2-16(15-25)3-6-23/h13-14,16,19,25H,2-12,15H2,1H3. The zero-order valence-electron chi connectivity index (χ0n) is 15.4. The van der Waals surface area contributed by atoms with Gasteiger partial charge in [-0.05, 0) is 38.9 Å². The van der Waals surface area contributed by atoms with Crippen LogP contribution in [-0.2, 0) is 6.54 Å². The van der Waals surface area contributed by atoms with Crippen LogP contribution < -0.4 is 10.2 Å². The number of likely N-dealkylation sites (N-methyl/N-ethyl adjacent to an activating group) is 1. The van der Waals surface area contributed by atoms with Gasteiger partial charge >= 0.3 is 0 Å². The highest BCUT2D eigenvalue weighted by molar-refractivity contribution is 5.30. The molecule has 2 saturated heterocycles. The zero-order valence-corrected chi connectivity index (χ0v) is 15.4. The molecular formula is C18H32N6O. The summed E-state index contributed by atoms with van der Waals surface area (Å²) in [5, 5.41) is 12.7. The van der Waals surface area contributed by atoms with E-state index in [0.717, 1.165) is 83.3 Å². The number of piperidine rings is 1. The fourth-order valence-corrected chi connectivity index (χ4v) is 3.47. The SMILES string of the molecule is CN1CCN(c2ncc(CNCCN3CCC(CO)CC3)cn2)CC1. The average molecular weight is 348 g/mol. The molecule has 0 unspecified atom stereocenters. The molecule has 2 fully saturated rings. The van der Waals surface area contributed by atoms with Gasteiger partial charge in [-0.3, -0.25) is 0 Å². The van der Waals surface area contributed by atoms with Crippen molar-refractivity contribution < 1.29 is 5.11 Å². The number of piperazine rings is 1. The number of nitrogens with zero attached hydrogens (tertiary/aromatic N) is 5. The Labute approximate surface area is 151 Å². The first-order chi connectivity index (χ1) is 12.2. The summed E-state index contributed by atoms with van der Waals surface area (Å²) in [6, 6.07) is 0. The zero-order chi connectivity index (χ0) is 17.5. The number of hydrogen-bond acceptors (Lipinski definition) is 7. The number of anilines is 1. The Bertz CT molecular complexity index is 495. The van der Waals surface area contributed by atoms with Crippen LogP contribution in [0.5, 0.6) is 0 Å². The molecule has 0 aliphatic carbocycles. The quantitative estimate of drug-likeness (QED) is 0.674. The molecule has 0 aromatic carbocycles. The molecule has 1 aromatic rings. The topological polar surface area (TPSA) is 67.8 Å². The number of likely N-dealkylation sites (tertiary alicyclic amines) is 1. The molecule has 140 valence electrons. The van der Waals surface area contributed by atoms with Gasteiger partial charge < -0.3 is 25.1 Å². The summed E-state index contributed by atoms with van der Waals surface area (Å²) < 4.78 is 0. The lowest BCUT2D eigenvalue weighted by Gasteiger charge is -2.32. The Morgan fingerprint density at radius 3 is 2.40 bits per heavy atom. The maximum Gasteiger partial charge on any atom is 0.225 e. The Hall–Kier alpha value is -1.28. The van der Waals surface area contributed by atoms with Gasteiger partial charge in [-0.2, -0.15) is 0 Å². The van der Waals surface area contributed by atoms with E-state index in [2.05, 4.69) is 37.0 Å². The van der Waals surface area contributed by atoms with Crippen LogP contribution in [0.1, 0.15) is 18.4 Å². The molecule has 7 nitrogen and oxygen atoms in total. The van der Waals surface area contributed by atoms with Crippen molar-refractivity contribution in [2.45, 2.75) is 19.4 Å². The van der Waals surface area contributed by atoms with Gasteiger partial charge in [0.15, 0.2) is 0 Å². The number of aliphatic hydroxyl groups excluding tert-OH is 1. The Morgan fingerprint density at radius 2 is 1.76 bits per heavy atom. The van der Waals surface area contributed by atoms with Crippen LogP contribution in [0.2, 0.25) is 0 Å². The number of aliphatic hydroxyl groups is 1. The van der Waals surface area contributed by atoms with E-state index < -0.39 is 0 Å². The molecule has 3 heterocycles. The van der Waals surface area contributed by atoms with E-state index in [4.69, 9.17) is 0 Å². The van der Waals surface area contributed by atoms with E-state index in [1.165, 1.54) is 0 Å². The number of nitrogens with one attached hydrogen (secondary N) is 1. The van der Waals surface area contributed by atoms with Gasteiger partial charge in [0, 0.05) is 70.4 Å². The normalized spacial score (nSPS) is 21.0. The van der Waals surface area contributed by atoms with Crippen LogP contribution in [0.15, 0.2) is 12.4 Å². The van der Waals surface area contributed by atoms with Crippen molar-refractivity contribution in [2.24, 2.45) is 5.92 Å². The van der Waals surface area contributed by atoms with Gasteiger partial charge in [0.25, 0.3) is 0 Å². The van der Waals surface area contributed by atoms with Crippen molar-refractivity contribution in [3.8, 4) is 0 Å². The minimum absolute atomic E-state index is 0.343. The molecule has 2 N–H and O–H groups in total. The number of aromatic nitrogens is 2. The molecule has 2 aliphatic heterocycles. The minimum atomic E-state index is 0.343. The summed E-state index contributed by atoms with van der Waals surface area (Å²) in [6.45, 7) is 9.56. The summed E-state index contributed by atoms with van der Waals surface area (Å²) in [5.74, 6) is 1.36. The highest BCUT2D eigenvalue weighted by Crippen LogP contribution is 2.15. The van der Waals surface area contributed by atoms with Crippen LogP contribution >= 0.6 is 0 Å². The predicted octanol–water partition coefficient (Wildman–Crippen LogP) is 0.0223. The first kappa shape index (κ1) is 18.5. The van der Waals surface area contributed by atoms with Gasteiger partial charge in [-0.15, -0.1) is 0 Å². The molecule has 0 spiro atoms. The van der Waals surface area contributed by atoms with Crippen LogP contribution in [0.3, 0.4) is 0 Å². The van der Waals surface area contributed by atoms with E-state index in [1.54, 1.807) is 0 Å². The lowest BCUT2D eigenvalue weighted by molar-refractivity contribution is 0.132. The first-order valence-corrected chi connectivity index (χ1v) is 9.53. The predicted molar refractivity (Wildman–Crippen MR) is 99.7 cm³/mol. The van der Waals surface area contributed by atoms with Gasteiger partial charge in [-0.1, -0.05) is 0 Å². The molecule has 0 amide bonds. The van der Waals surface area contributed by atoms with Gasteiger partial charge in [0.05, 0.1) is 0 Å². The fourth-order valence-electron chi connectivity index (χ4n) is 3.47. The molecule has 25 heavy (non-hydrogen) atoms. The second-order valence-corrected chi connectivity index (χ2v) is 7.33. The molecular weight excluding hydrogens is 316 g/mol. The Morgan fingerprint density at radius 1 is 1.08 bits per heavy atom. The van der Waals surface area contributed by atoms with Gasteiger partial charge in [0.2, 0.25) is 5.95 Å². The smallest absolute Gasteiger partial charge is 0.225 e. The van der Waals surface area contributed by atoms with Crippen molar-refractivity contribution >= 4 is 5.95 Å². The molecule has 2 aliphatic rings. The average Bonchev–Trinajstić information content (AvgIpc) is 2.67. The van der Waals surface area contributed by atoms with Crippen molar-refractivity contribution in [3.05, 3.63) is 18.0 Å². The summed E-state index contributed by atoms with van der Waals surface area (Å²) >= 11 is 0. The van der Waals surface area contributed by atoms with E-state index in [1.807, 2.05) is 12.4 Å². The summed E-state index contributed by atoms with van der Waals surface area (Å²) in [4.78, 5) is 16.1. The second-order valence-electron chi connectivity index (χ2n) is 7.33. The van der Waals surface area contributed by atoms with Crippen molar-refractivity contribution in [2.75, 3.05) is 70.9 Å². The minimum Gasteiger partial charge on any atom is -0.396 e. The third kappa shape index (κ3) is 5.60. The lowest BCUT2D eigenvalue weighted by Crippen LogP contribution is -2.45. The molecule has 7 heteroatoms. The summed E-state index contributed by atoms with van der Waals surface area (Å²) in [5.41, 5.74) is 1.14. The van der Waals surface area contributed by atoms with Crippen LogP contribution in [0.25, 0.3) is 0 Å². The van der Waals surface area contributed by atoms with Gasteiger partial charge in [0.1, 0.15) is 0 Å². The number of hydrogen-bond donors (Lipinski definition) is 2. The maximum absolute atomic E-state index is 9.18.